The summed E-state index contributed by atoms with van der Waals surface area (Å²) >= 11 is 0. The summed E-state index contributed by atoms with van der Waals surface area (Å²) in [6, 6.07) is 17.3. The Hall–Kier alpha value is -2.37. The molecule has 3 rings (SSSR count). The van der Waals surface area contributed by atoms with Crippen molar-refractivity contribution in [2.45, 2.75) is 18.9 Å². The van der Waals surface area contributed by atoms with E-state index in [1.165, 1.54) is 0 Å². The summed E-state index contributed by atoms with van der Waals surface area (Å²) in [5, 5.41) is 2.95. The van der Waals surface area contributed by atoms with Gasteiger partial charge in [-0.3, -0.25) is 9.69 Å². The minimum atomic E-state index is -0.0328. The molecule has 1 amide bonds. The summed E-state index contributed by atoms with van der Waals surface area (Å²) in [7, 11) is 0. The summed E-state index contributed by atoms with van der Waals surface area (Å²) in [4.78, 5) is 14.5. The van der Waals surface area contributed by atoms with Crippen LogP contribution in [0.3, 0.4) is 0 Å². The highest BCUT2D eigenvalue weighted by Gasteiger charge is 2.18. The predicted octanol–water partition coefficient (Wildman–Crippen LogP) is 2.84. The topological polar surface area (TPSA) is 67.6 Å². The van der Waals surface area contributed by atoms with Crippen LogP contribution < -0.4 is 15.8 Å². The molecule has 5 heteroatoms. The first-order valence-electron chi connectivity index (χ1n) is 8.30. The monoisotopic (exact) mass is 325 g/mol. The van der Waals surface area contributed by atoms with Crippen LogP contribution in [0, 0.1) is 0 Å². The maximum absolute atomic E-state index is 12.3. The summed E-state index contributed by atoms with van der Waals surface area (Å²) < 4.78 is 5.87. The van der Waals surface area contributed by atoms with Crippen molar-refractivity contribution in [3.8, 4) is 11.5 Å². The second kappa shape index (κ2) is 7.95. The zero-order valence-corrected chi connectivity index (χ0v) is 13.7. The van der Waals surface area contributed by atoms with E-state index in [1.807, 2.05) is 54.6 Å². The molecule has 1 heterocycles. The van der Waals surface area contributed by atoms with E-state index in [2.05, 4.69) is 10.2 Å². The molecule has 0 bridgehead atoms. The number of ether oxygens (including phenoxy) is 1. The lowest BCUT2D eigenvalue weighted by Gasteiger charge is -2.29. The molecule has 1 saturated heterocycles. The molecule has 0 spiro atoms. The number of likely N-dealkylation sites (tertiary alicyclic amines) is 1. The molecule has 3 N–H and O–H groups in total. The van der Waals surface area contributed by atoms with Gasteiger partial charge in [0.25, 0.3) is 0 Å². The summed E-state index contributed by atoms with van der Waals surface area (Å²) in [5.41, 5.74) is 6.58. The molecule has 2 aromatic carbocycles. The van der Waals surface area contributed by atoms with Crippen LogP contribution in [0.5, 0.6) is 11.5 Å². The van der Waals surface area contributed by atoms with Gasteiger partial charge >= 0.3 is 0 Å². The molecule has 0 unspecified atom stereocenters. The molecule has 0 aliphatic carbocycles. The van der Waals surface area contributed by atoms with Crippen LogP contribution in [-0.2, 0) is 4.79 Å². The Balaban J connectivity index is 1.61. The van der Waals surface area contributed by atoms with Gasteiger partial charge in [-0.15, -0.1) is 0 Å². The number of hydrogen-bond donors (Lipinski definition) is 2. The van der Waals surface area contributed by atoms with E-state index in [0.717, 1.165) is 31.7 Å². The van der Waals surface area contributed by atoms with E-state index in [4.69, 9.17) is 10.5 Å². The lowest BCUT2D eigenvalue weighted by molar-refractivity contribution is -0.117. The van der Waals surface area contributed by atoms with Gasteiger partial charge < -0.3 is 15.8 Å². The van der Waals surface area contributed by atoms with Crippen LogP contribution >= 0.6 is 0 Å². The van der Waals surface area contributed by atoms with Crippen molar-refractivity contribution < 1.29 is 9.53 Å². The lowest BCUT2D eigenvalue weighted by atomic mass is 10.1. The largest absolute Gasteiger partial charge is 0.455 e. The molecule has 2 aromatic rings. The van der Waals surface area contributed by atoms with Crippen LogP contribution in [0.1, 0.15) is 12.8 Å². The molecule has 24 heavy (non-hydrogen) atoms. The third kappa shape index (κ3) is 4.57. The number of nitrogens with one attached hydrogen (secondary N) is 1. The van der Waals surface area contributed by atoms with E-state index >= 15 is 0 Å². The van der Waals surface area contributed by atoms with Gasteiger partial charge in [0, 0.05) is 19.1 Å². The molecule has 5 nitrogen and oxygen atoms in total. The number of carbonyl (C=O) groups is 1. The van der Waals surface area contributed by atoms with Crippen molar-refractivity contribution in [2.75, 3.05) is 25.0 Å². The first kappa shape index (κ1) is 16.5. The fourth-order valence-corrected chi connectivity index (χ4v) is 2.78. The lowest BCUT2D eigenvalue weighted by Crippen LogP contribution is -2.43. The highest BCUT2D eigenvalue weighted by molar-refractivity contribution is 5.93. The van der Waals surface area contributed by atoms with E-state index in [1.54, 1.807) is 0 Å². The molecule has 126 valence electrons. The van der Waals surface area contributed by atoms with Crippen LogP contribution in [0.25, 0.3) is 0 Å². The highest BCUT2D eigenvalue weighted by Crippen LogP contribution is 2.29. The van der Waals surface area contributed by atoms with Crippen molar-refractivity contribution in [1.29, 1.82) is 0 Å². The maximum Gasteiger partial charge on any atom is 0.238 e. The fraction of sp³-hybridized carbons (Fsp3) is 0.316. The quantitative estimate of drug-likeness (QED) is 0.887. The van der Waals surface area contributed by atoms with Gasteiger partial charge in [0.05, 0.1) is 12.2 Å². The van der Waals surface area contributed by atoms with Gasteiger partial charge in [0.1, 0.15) is 5.75 Å². The Morgan fingerprint density at radius 3 is 2.50 bits per heavy atom. The average Bonchev–Trinajstić information content (AvgIpc) is 2.60. The number of piperidine rings is 1. The van der Waals surface area contributed by atoms with Crippen LogP contribution in [0.2, 0.25) is 0 Å². The molecule has 1 aliphatic heterocycles. The first-order chi connectivity index (χ1) is 11.7. The summed E-state index contributed by atoms with van der Waals surface area (Å²) in [5.74, 6) is 1.34. The zero-order chi connectivity index (χ0) is 16.8. The van der Waals surface area contributed by atoms with Crippen molar-refractivity contribution in [3.63, 3.8) is 0 Å². The molecule has 1 aliphatic rings. The van der Waals surface area contributed by atoms with E-state index in [0.29, 0.717) is 18.0 Å². The Labute approximate surface area is 142 Å². The van der Waals surface area contributed by atoms with Crippen molar-refractivity contribution in [2.24, 2.45) is 5.73 Å². The molecule has 0 saturated carbocycles. The molecule has 0 aromatic heterocycles. The van der Waals surface area contributed by atoms with Gasteiger partial charge in [0.15, 0.2) is 5.75 Å². The summed E-state index contributed by atoms with van der Waals surface area (Å²) in [6.45, 7) is 2.12. The second-order valence-corrected chi connectivity index (χ2v) is 6.07. The number of hydrogen-bond acceptors (Lipinski definition) is 4. The average molecular weight is 325 g/mol. The van der Waals surface area contributed by atoms with Gasteiger partial charge in [-0.2, -0.15) is 0 Å². The SMILES string of the molecule is NC1CCN(CC(=O)Nc2ccccc2Oc2ccccc2)CC1. The van der Waals surface area contributed by atoms with E-state index in [9.17, 15) is 4.79 Å². The van der Waals surface area contributed by atoms with Crippen LogP contribution in [-0.4, -0.2) is 36.5 Å². The smallest absolute Gasteiger partial charge is 0.238 e. The number of rotatable bonds is 5. The zero-order valence-electron chi connectivity index (χ0n) is 13.7. The predicted molar refractivity (Wildman–Crippen MR) is 95.2 cm³/mol. The number of nitrogens with two attached hydrogens (primary N) is 1. The molecular weight excluding hydrogens is 302 g/mol. The first-order valence-corrected chi connectivity index (χ1v) is 8.30. The maximum atomic E-state index is 12.3. The van der Waals surface area contributed by atoms with E-state index in [-0.39, 0.29) is 11.9 Å². The molecular formula is C19H23N3O2. The number of amides is 1. The minimum Gasteiger partial charge on any atom is -0.455 e. The standard InChI is InChI=1S/C19H23N3O2/c20-15-10-12-22(13-11-15)14-19(23)21-17-8-4-5-9-18(17)24-16-6-2-1-3-7-16/h1-9,15H,10-14,20H2,(H,21,23). The van der Waals surface area contributed by atoms with Crippen LogP contribution in [0.4, 0.5) is 5.69 Å². The second-order valence-electron chi connectivity index (χ2n) is 6.07. The van der Waals surface area contributed by atoms with Crippen molar-refractivity contribution in [3.05, 3.63) is 54.6 Å². The number of para-hydroxylation sites is 3. The Morgan fingerprint density at radius 1 is 1.08 bits per heavy atom. The van der Waals surface area contributed by atoms with Gasteiger partial charge in [0.2, 0.25) is 5.91 Å². The Morgan fingerprint density at radius 2 is 1.75 bits per heavy atom. The van der Waals surface area contributed by atoms with Gasteiger partial charge in [-0.25, -0.2) is 0 Å². The number of nitrogens with zero attached hydrogens (tertiary/aromatic N) is 1. The molecule has 0 atom stereocenters. The Kier molecular flexibility index (Phi) is 5.46. The number of benzene rings is 2. The molecule has 0 radical (unpaired) electrons. The van der Waals surface area contributed by atoms with Crippen molar-refractivity contribution in [1.82, 2.24) is 4.90 Å². The van der Waals surface area contributed by atoms with E-state index < -0.39 is 0 Å². The normalized spacial score (nSPS) is 15.9. The van der Waals surface area contributed by atoms with Crippen molar-refractivity contribution >= 4 is 11.6 Å². The number of anilines is 1. The Bertz CT molecular complexity index is 667. The highest BCUT2D eigenvalue weighted by atomic mass is 16.5. The third-order valence-electron chi connectivity index (χ3n) is 4.13. The number of carbonyl (C=O) groups excluding carboxylic acids is 1. The molecule has 1 fully saturated rings. The van der Waals surface area contributed by atoms with Crippen LogP contribution in [0.15, 0.2) is 54.6 Å². The third-order valence-corrected chi connectivity index (χ3v) is 4.13. The fourth-order valence-electron chi connectivity index (χ4n) is 2.78. The van der Waals surface area contributed by atoms with Gasteiger partial charge in [-0.05, 0) is 37.1 Å². The summed E-state index contributed by atoms with van der Waals surface area (Å²) in [6.07, 6.45) is 1.89. The van der Waals surface area contributed by atoms with Gasteiger partial charge in [-0.1, -0.05) is 30.3 Å². The minimum absolute atomic E-state index is 0.0328.